The highest BCUT2D eigenvalue weighted by atomic mass is 16.7. The molecule has 3 amide bonds. The number of ketones is 2. The number of likely N-dealkylation sites (N-methyl/N-ethyl adjacent to an activating group) is 1. The highest BCUT2D eigenvalue weighted by Crippen LogP contribution is 2.31. The number of amides is 3. The predicted octanol–water partition coefficient (Wildman–Crippen LogP) is 2.55. The summed E-state index contributed by atoms with van der Waals surface area (Å²) in [6, 6.07) is 11.5. The summed E-state index contributed by atoms with van der Waals surface area (Å²) in [5, 5.41) is 4.14. The molecule has 5 rings (SSSR count). The number of nitrogens with one attached hydrogen (secondary N) is 1. The highest BCUT2D eigenvalue weighted by Gasteiger charge is 2.33. The van der Waals surface area contributed by atoms with Crippen LogP contribution in [0.25, 0.3) is 0 Å². The first kappa shape index (κ1) is 33.0. The van der Waals surface area contributed by atoms with Crippen LogP contribution in [0.1, 0.15) is 75.5 Å². The maximum absolute atomic E-state index is 13.4. The summed E-state index contributed by atoms with van der Waals surface area (Å²) in [6.07, 6.45) is 2.75. The van der Waals surface area contributed by atoms with E-state index >= 15 is 0 Å². The number of rotatable bonds is 10. The van der Waals surface area contributed by atoms with Gasteiger partial charge in [0.15, 0.2) is 11.6 Å². The SMILES string of the molecule is CN1C(=O)CN(CCC(=O)ON)C(=O)c2cc(NC(C)(C)C(=O)Cc3ccc(N(N)C(=O)c4coc5c4C(=O)CCC5)cc3)ccc21. The fourth-order valence-corrected chi connectivity index (χ4v) is 5.63. The van der Waals surface area contributed by atoms with Gasteiger partial charge in [-0.25, -0.2) is 10.9 Å². The number of carbonyl (C=O) groups excluding carboxylic acids is 6. The van der Waals surface area contributed by atoms with Crippen LogP contribution in [0.5, 0.6) is 0 Å². The van der Waals surface area contributed by atoms with Gasteiger partial charge in [0.25, 0.3) is 11.8 Å². The summed E-state index contributed by atoms with van der Waals surface area (Å²) < 4.78 is 5.45. The number of Topliss-reactive ketones (excluding diaryl/α,β-unsaturated/α-hetero) is 2. The van der Waals surface area contributed by atoms with E-state index in [1.165, 1.54) is 16.1 Å². The van der Waals surface area contributed by atoms with Gasteiger partial charge in [0, 0.05) is 38.5 Å². The van der Waals surface area contributed by atoms with Crippen molar-refractivity contribution in [2.45, 2.75) is 51.5 Å². The number of hydrogen-bond donors (Lipinski definition) is 3. The molecule has 3 aromatic rings. The highest BCUT2D eigenvalue weighted by molar-refractivity contribution is 6.14. The number of fused-ring (bicyclic) bond motifs is 2. The summed E-state index contributed by atoms with van der Waals surface area (Å²) in [4.78, 5) is 83.4. The third-order valence-electron chi connectivity index (χ3n) is 8.43. The van der Waals surface area contributed by atoms with Crippen LogP contribution in [0, 0.1) is 0 Å². The zero-order chi connectivity index (χ0) is 34.0. The Morgan fingerprint density at radius 3 is 2.49 bits per heavy atom. The van der Waals surface area contributed by atoms with E-state index in [1.54, 1.807) is 63.4 Å². The van der Waals surface area contributed by atoms with Gasteiger partial charge < -0.3 is 24.4 Å². The summed E-state index contributed by atoms with van der Waals surface area (Å²) >= 11 is 0. The predicted molar refractivity (Wildman–Crippen MR) is 170 cm³/mol. The summed E-state index contributed by atoms with van der Waals surface area (Å²) in [5.41, 5.74) is 1.49. The fraction of sp³-hybridized carbons (Fsp3) is 0.333. The van der Waals surface area contributed by atoms with Crippen molar-refractivity contribution in [2.75, 3.05) is 35.4 Å². The second-order valence-electron chi connectivity index (χ2n) is 12.1. The van der Waals surface area contributed by atoms with Gasteiger partial charge in [-0.3, -0.25) is 28.8 Å². The largest absolute Gasteiger partial charge is 0.468 e. The number of hydrazine groups is 1. The van der Waals surface area contributed by atoms with Crippen molar-refractivity contribution in [3.63, 3.8) is 0 Å². The number of nitrogens with zero attached hydrogens (tertiary/aromatic N) is 3. The molecule has 1 aliphatic carbocycles. The Hall–Kier alpha value is -5.34. The van der Waals surface area contributed by atoms with Crippen LogP contribution in [0.2, 0.25) is 0 Å². The molecule has 2 heterocycles. The van der Waals surface area contributed by atoms with Gasteiger partial charge in [0.1, 0.15) is 18.6 Å². The molecule has 0 fully saturated rings. The van der Waals surface area contributed by atoms with Crippen LogP contribution in [0.3, 0.4) is 0 Å². The Kier molecular flexibility index (Phi) is 9.26. The van der Waals surface area contributed by atoms with Crippen molar-refractivity contribution in [3.8, 4) is 0 Å². The van der Waals surface area contributed by atoms with Crippen molar-refractivity contribution in [1.82, 2.24) is 4.90 Å². The molecular formula is C33H36N6O8. The molecule has 0 atom stereocenters. The van der Waals surface area contributed by atoms with Gasteiger partial charge in [-0.05, 0) is 56.2 Å². The second-order valence-corrected chi connectivity index (χ2v) is 12.1. The van der Waals surface area contributed by atoms with Crippen LogP contribution in [-0.4, -0.2) is 65.8 Å². The number of aryl methyl sites for hydroxylation is 1. The molecule has 0 unspecified atom stereocenters. The standard InChI is InChI=1S/C33H36N6O8/c1-33(2,36-20-9-12-24-22(16-20)31(44)38(14-13-29(43)47-35)17-28(42)37(24)3)27(41)15-19-7-10-21(11-8-19)39(34)32(45)23-18-46-26-6-4-5-25(40)30(23)26/h7-12,16,18,36H,4-6,13-15,17,34-35H2,1-3H3. The maximum Gasteiger partial charge on any atom is 0.326 e. The van der Waals surface area contributed by atoms with Gasteiger partial charge in [-0.2, -0.15) is 5.90 Å². The Balaban J connectivity index is 1.26. The van der Waals surface area contributed by atoms with E-state index in [2.05, 4.69) is 10.2 Å². The smallest absolute Gasteiger partial charge is 0.326 e. The summed E-state index contributed by atoms with van der Waals surface area (Å²) in [5.74, 6) is 9.14. The maximum atomic E-state index is 13.4. The Bertz CT molecular complexity index is 1760. The van der Waals surface area contributed by atoms with Gasteiger partial charge in [0.05, 0.1) is 40.0 Å². The van der Waals surface area contributed by atoms with Crippen molar-refractivity contribution >= 4 is 52.3 Å². The van der Waals surface area contributed by atoms with E-state index in [-0.39, 0.29) is 54.5 Å². The Morgan fingerprint density at radius 2 is 1.79 bits per heavy atom. The van der Waals surface area contributed by atoms with Crippen molar-refractivity contribution in [2.24, 2.45) is 11.7 Å². The molecule has 0 spiro atoms. The third-order valence-corrected chi connectivity index (χ3v) is 8.43. The van der Waals surface area contributed by atoms with Crippen molar-refractivity contribution in [1.29, 1.82) is 0 Å². The van der Waals surface area contributed by atoms with E-state index < -0.39 is 23.3 Å². The average Bonchev–Trinajstić information content (AvgIpc) is 3.47. The molecule has 0 saturated carbocycles. The molecule has 2 aliphatic rings. The topological polar surface area (TPSA) is 199 Å². The van der Waals surface area contributed by atoms with Gasteiger partial charge in [-0.1, -0.05) is 12.1 Å². The normalized spacial score (nSPS) is 14.7. The van der Waals surface area contributed by atoms with E-state index in [9.17, 15) is 28.8 Å². The molecule has 14 heteroatoms. The monoisotopic (exact) mass is 644 g/mol. The van der Waals surface area contributed by atoms with Crippen LogP contribution in [0.4, 0.5) is 17.1 Å². The third kappa shape index (κ3) is 6.78. The lowest BCUT2D eigenvalue weighted by molar-refractivity contribution is -0.144. The van der Waals surface area contributed by atoms with E-state index in [0.29, 0.717) is 53.2 Å². The van der Waals surface area contributed by atoms with Crippen LogP contribution in [0.15, 0.2) is 53.1 Å². The lowest BCUT2D eigenvalue weighted by atomic mass is 9.92. The van der Waals surface area contributed by atoms with Gasteiger partial charge in [-0.15, -0.1) is 0 Å². The fourth-order valence-electron chi connectivity index (χ4n) is 5.63. The van der Waals surface area contributed by atoms with Gasteiger partial charge in [0.2, 0.25) is 5.91 Å². The van der Waals surface area contributed by atoms with E-state index in [0.717, 1.165) is 5.01 Å². The first-order chi connectivity index (χ1) is 22.3. The average molecular weight is 645 g/mol. The number of furan rings is 1. The minimum Gasteiger partial charge on any atom is -0.468 e. The number of nitrogens with two attached hydrogens (primary N) is 2. The molecular weight excluding hydrogens is 608 g/mol. The van der Waals surface area contributed by atoms with Crippen molar-refractivity contribution < 1.29 is 38.0 Å². The first-order valence-corrected chi connectivity index (χ1v) is 15.0. The van der Waals surface area contributed by atoms with Crippen LogP contribution >= 0.6 is 0 Å². The molecule has 47 heavy (non-hydrogen) atoms. The number of benzene rings is 2. The molecule has 1 aromatic heterocycles. The lowest BCUT2D eigenvalue weighted by Gasteiger charge is -2.27. The molecule has 0 saturated heterocycles. The lowest BCUT2D eigenvalue weighted by Crippen LogP contribution is -2.41. The van der Waals surface area contributed by atoms with E-state index in [1.807, 2.05) is 0 Å². The Morgan fingerprint density at radius 1 is 1.06 bits per heavy atom. The second kappa shape index (κ2) is 13.2. The summed E-state index contributed by atoms with van der Waals surface area (Å²) in [6.45, 7) is 3.14. The zero-order valence-electron chi connectivity index (χ0n) is 26.3. The molecule has 0 radical (unpaired) electrons. The Labute approximate surface area is 270 Å². The molecule has 2 aromatic carbocycles. The molecule has 0 bridgehead atoms. The zero-order valence-corrected chi connectivity index (χ0v) is 26.3. The minimum atomic E-state index is -1.07. The quantitative estimate of drug-likeness (QED) is 0.166. The van der Waals surface area contributed by atoms with Crippen molar-refractivity contribution in [3.05, 3.63) is 76.7 Å². The summed E-state index contributed by atoms with van der Waals surface area (Å²) in [7, 11) is 1.56. The number of hydrogen-bond acceptors (Lipinski definition) is 11. The molecule has 1 aliphatic heterocycles. The molecule has 5 N–H and O–H groups in total. The van der Waals surface area contributed by atoms with Gasteiger partial charge >= 0.3 is 5.97 Å². The number of carbonyl (C=O) groups is 6. The minimum absolute atomic E-state index is 0.0503. The molecule has 14 nitrogen and oxygen atoms in total. The first-order valence-electron chi connectivity index (χ1n) is 15.0. The van der Waals surface area contributed by atoms with Crippen LogP contribution in [-0.2, 0) is 32.1 Å². The number of anilines is 3. The molecule has 246 valence electrons. The van der Waals surface area contributed by atoms with Crippen LogP contribution < -0.4 is 27.0 Å². The van der Waals surface area contributed by atoms with E-state index in [4.69, 9.17) is 16.2 Å².